The number of hydrogen-bond acceptors (Lipinski definition) is 4. The number of hydrogen-bond donors (Lipinski definition) is 0. The van der Waals surface area contributed by atoms with Gasteiger partial charge in [-0.2, -0.15) is 5.10 Å². The lowest BCUT2D eigenvalue weighted by Gasteiger charge is -2.37. The normalized spacial score (nSPS) is 14.1. The number of rotatable bonds is 4. The van der Waals surface area contributed by atoms with Crippen molar-refractivity contribution in [2.24, 2.45) is 7.05 Å². The molecule has 4 heterocycles. The van der Waals surface area contributed by atoms with Gasteiger partial charge in [0.25, 0.3) is 5.91 Å². The van der Waals surface area contributed by atoms with Gasteiger partial charge in [-0.25, -0.2) is 4.68 Å². The van der Waals surface area contributed by atoms with Gasteiger partial charge in [-0.15, -0.1) is 11.3 Å². The van der Waals surface area contributed by atoms with E-state index in [9.17, 15) is 4.79 Å². The number of carbonyl (C=O) groups excluding carboxylic acids is 1. The van der Waals surface area contributed by atoms with Crippen LogP contribution in [0.2, 0.25) is 0 Å². The van der Waals surface area contributed by atoms with Gasteiger partial charge in [0.1, 0.15) is 17.0 Å². The Morgan fingerprint density at radius 1 is 0.917 bits per heavy atom. The molecule has 3 aromatic heterocycles. The van der Waals surface area contributed by atoms with E-state index in [-0.39, 0.29) is 5.91 Å². The molecule has 1 saturated heterocycles. The molecule has 0 unspecified atom stereocenters. The van der Waals surface area contributed by atoms with Crippen molar-refractivity contribution >= 4 is 34.0 Å². The summed E-state index contributed by atoms with van der Waals surface area (Å²) in [6.45, 7) is 7.36. The van der Waals surface area contributed by atoms with Crippen LogP contribution in [0.5, 0.6) is 0 Å². The Morgan fingerprint density at radius 3 is 2.42 bits per heavy atom. The quantitative estimate of drug-likeness (QED) is 0.323. The van der Waals surface area contributed by atoms with E-state index in [1.807, 2.05) is 63.7 Å². The van der Waals surface area contributed by atoms with E-state index in [4.69, 9.17) is 5.10 Å². The highest BCUT2D eigenvalue weighted by atomic mass is 32.1. The maximum Gasteiger partial charge on any atom is 0.270 e. The Bertz CT molecular complexity index is 1540. The third-order valence-corrected chi connectivity index (χ3v) is 7.98. The largest absolute Gasteiger partial charge is 0.368 e. The summed E-state index contributed by atoms with van der Waals surface area (Å²) >= 11 is 1.67. The fourth-order valence-electron chi connectivity index (χ4n) is 5.15. The summed E-state index contributed by atoms with van der Waals surface area (Å²) in [5.74, 6) is 0.0751. The molecule has 5 aromatic rings. The number of fused-ring (bicyclic) bond motifs is 1. The van der Waals surface area contributed by atoms with Crippen LogP contribution in [0, 0.1) is 13.8 Å². The number of anilines is 1. The van der Waals surface area contributed by atoms with Crippen molar-refractivity contribution in [2.45, 2.75) is 13.8 Å². The highest BCUT2D eigenvalue weighted by Gasteiger charge is 2.28. The molecule has 0 aliphatic carbocycles. The van der Waals surface area contributed by atoms with Gasteiger partial charge in [-0.1, -0.05) is 36.4 Å². The molecule has 0 bridgehead atoms. The minimum atomic E-state index is 0.0751. The van der Waals surface area contributed by atoms with E-state index in [2.05, 4.69) is 48.4 Å². The first-order chi connectivity index (χ1) is 17.5. The summed E-state index contributed by atoms with van der Waals surface area (Å²) in [5.41, 5.74) is 7.34. The summed E-state index contributed by atoms with van der Waals surface area (Å²) in [6.07, 6.45) is 0. The summed E-state index contributed by atoms with van der Waals surface area (Å²) in [6, 6.07) is 22.9. The van der Waals surface area contributed by atoms with Crippen molar-refractivity contribution in [3.63, 3.8) is 0 Å². The van der Waals surface area contributed by atoms with Gasteiger partial charge in [0.05, 0.1) is 10.6 Å². The number of nitrogens with zero attached hydrogens (tertiary/aromatic N) is 5. The van der Waals surface area contributed by atoms with E-state index in [1.165, 1.54) is 16.8 Å². The molecule has 182 valence electrons. The first-order valence-electron chi connectivity index (χ1n) is 12.3. The average molecular weight is 496 g/mol. The third kappa shape index (κ3) is 3.80. The van der Waals surface area contributed by atoms with Crippen LogP contribution in [0.3, 0.4) is 0 Å². The van der Waals surface area contributed by atoms with Crippen molar-refractivity contribution < 1.29 is 4.79 Å². The van der Waals surface area contributed by atoms with Crippen LogP contribution in [0.25, 0.3) is 27.3 Å². The van der Waals surface area contributed by atoms with Crippen LogP contribution >= 0.6 is 11.3 Å². The fraction of sp³-hybridized carbons (Fsp3) is 0.241. The van der Waals surface area contributed by atoms with Crippen LogP contribution in [-0.4, -0.2) is 51.3 Å². The highest BCUT2D eigenvalue weighted by molar-refractivity contribution is 7.13. The molecule has 0 N–H and O–H groups in total. The number of carbonyl (C=O) groups is 1. The van der Waals surface area contributed by atoms with Crippen molar-refractivity contribution in [3.8, 4) is 16.3 Å². The first-order valence-corrected chi connectivity index (χ1v) is 13.2. The molecular weight excluding hydrogens is 466 g/mol. The van der Waals surface area contributed by atoms with Crippen molar-refractivity contribution in [3.05, 3.63) is 88.9 Å². The van der Waals surface area contributed by atoms with Gasteiger partial charge < -0.3 is 14.4 Å². The zero-order valence-electron chi connectivity index (χ0n) is 20.8. The molecule has 1 aliphatic heterocycles. The number of aromatic nitrogens is 3. The zero-order valence-corrected chi connectivity index (χ0v) is 21.6. The Labute approximate surface area is 215 Å². The van der Waals surface area contributed by atoms with Gasteiger partial charge in [0, 0.05) is 44.3 Å². The highest BCUT2D eigenvalue weighted by Crippen LogP contribution is 2.34. The Kier molecular flexibility index (Phi) is 5.64. The van der Waals surface area contributed by atoms with E-state index >= 15 is 0 Å². The monoisotopic (exact) mass is 495 g/mol. The number of piperazine rings is 1. The second-order valence-electron chi connectivity index (χ2n) is 9.47. The molecule has 6 nitrogen and oxygen atoms in total. The summed E-state index contributed by atoms with van der Waals surface area (Å²) < 4.78 is 3.96. The Hall–Kier alpha value is -3.84. The number of thiophene rings is 1. The molecule has 1 amide bonds. The van der Waals surface area contributed by atoms with Gasteiger partial charge in [0.15, 0.2) is 0 Å². The van der Waals surface area contributed by atoms with E-state index in [0.29, 0.717) is 18.8 Å². The molecule has 1 aliphatic rings. The molecule has 2 aromatic carbocycles. The lowest BCUT2D eigenvalue weighted by atomic mass is 10.1. The lowest BCUT2D eigenvalue weighted by Crippen LogP contribution is -2.49. The van der Waals surface area contributed by atoms with Crippen LogP contribution in [0.4, 0.5) is 5.69 Å². The standard InChI is InChI=1S/C29H29N5OS/c1-20-11-12-21(2)24(18-20)32-13-15-33(16-14-32)29(35)25-19-23-27(26-10-7-17-36-26)30-34(28(23)31(25)3)22-8-5-4-6-9-22/h4-12,17-19H,13-16H2,1-3H3. The predicted molar refractivity (Wildman–Crippen MR) is 147 cm³/mol. The zero-order chi connectivity index (χ0) is 24.8. The third-order valence-electron chi connectivity index (χ3n) is 7.10. The van der Waals surface area contributed by atoms with E-state index in [1.54, 1.807) is 11.3 Å². The summed E-state index contributed by atoms with van der Waals surface area (Å²) in [7, 11) is 1.97. The van der Waals surface area contributed by atoms with E-state index in [0.717, 1.165) is 40.4 Å². The van der Waals surface area contributed by atoms with Crippen LogP contribution < -0.4 is 4.90 Å². The second-order valence-corrected chi connectivity index (χ2v) is 10.4. The predicted octanol–water partition coefficient (Wildman–Crippen LogP) is 5.67. The summed E-state index contributed by atoms with van der Waals surface area (Å²) in [5, 5.41) is 8.03. The maximum atomic E-state index is 13.8. The lowest BCUT2D eigenvalue weighted by molar-refractivity contribution is 0.0737. The van der Waals surface area contributed by atoms with Gasteiger partial charge in [-0.05, 0) is 60.7 Å². The number of amides is 1. The molecular formula is C29H29N5OS. The van der Waals surface area contributed by atoms with Crippen LogP contribution in [0.1, 0.15) is 21.6 Å². The van der Waals surface area contributed by atoms with Crippen molar-refractivity contribution in [1.82, 2.24) is 19.2 Å². The molecule has 36 heavy (non-hydrogen) atoms. The molecule has 0 spiro atoms. The smallest absolute Gasteiger partial charge is 0.270 e. The van der Waals surface area contributed by atoms with Crippen LogP contribution in [-0.2, 0) is 7.05 Å². The molecule has 0 radical (unpaired) electrons. The van der Waals surface area contributed by atoms with Gasteiger partial charge in [-0.3, -0.25) is 4.79 Å². The molecule has 6 rings (SSSR count). The van der Waals surface area contributed by atoms with Crippen molar-refractivity contribution in [1.29, 1.82) is 0 Å². The number of aryl methyl sites for hydroxylation is 3. The molecule has 0 saturated carbocycles. The topological polar surface area (TPSA) is 46.3 Å². The van der Waals surface area contributed by atoms with Gasteiger partial charge in [0.2, 0.25) is 0 Å². The Morgan fingerprint density at radius 2 is 1.69 bits per heavy atom. The number of benzene rings is 2. The van der Waals surface area contributed by atoms with Gasteiger partial charge >= 0.3 is 0 Å². The van der Waals surface area contributed by atoms with Crippen LogP contribution in [0.15, 0.2) is 72.1 Å². The minimum absolute atomic E-state index is 0.0751. The first kappa shape index (κ1) is 22.6. The molecule has 1 fully saturated rings. The fourth-order valence-corrected chi connectivity index (χ4v) is 5.87. The Balaban J connectivity index is 1.33. The van der Waals surface area contributed by atoms with Crippen molar-refractivity contribution in [2.75, 3.05) is 31.1 Å². The summed E-state index contributed by atoms with van der Waals surface area (Å²) in [4.78, 5) is 19.2. The average Bonchev–Trinajstić information content (AvgIpc) is 3.63. The molecule has 0 atom stereocenters. The maximum absolute atomic E-state index is 13.8. The SMILES string of the molecule is Cc1ccc(C)c(N2CCN(C(=O)c3cc4c(-c5cccs5)nn(-c5ccccc5)c4n3C)CC2)c1. The number of para-hydroxylation sites is 1. The second kappa shape index (κ2) is 8.99. The molecule has 7 heteroatoms. The van der Waals surface area contributed by atoms with E-state index < -0.39 is 0 Å². The minimum Gasteiger partial charge on any atom is -0.368 e.